The number of hydrogen-bond acceptors (Lipinski definition) is 1. The zero-order chi connectivity index (χ0) is 12.1. The predicted octanol–water partition coefficient (Wildman–Crippen LogP) is 4.50. The van der Waals surface area contributed by atoms with Gasteiger partial charge in [-0.25, -0.2) is 0 Å². The lowest BCUT2D eigenvalue weighted by Crippen LogP contribution is -2.05. The molecule has 0 spiro atoms. The fourth-order valence-corrected chi connectivity index (χ4v) is 1.48. The molecule has 1 rings (SSSR count). The van der Waals surface area contributed by atoms with E-state index in [1.807, 2.05) is 31.2 Å². The standard InChI is InChI=1S/C14H18ClO/c1-5-11(4)12-6-13(15)8-14(7-12)16-9-10(2)3/h5-8,10H,1,9H2,2-4H3. The minimum atomic E-state index is 0.506. The van der Waals surface area contributed by atoms with E-state index < -0.39 is 0 Å². The number of rotatable bonds is 5. The molecule has 1 aromatic carbocycles. The second-order valence-corrected chi connectivity index (χ2v) is 4.70. The minimum absolute atomic E-state index is 0.506. The molecule has 1 aromatic rings. The summed E-state index contributed by atoms with van der Waals surface area (Å²) in [5, 5.41) is 0.692. The van der Waals surface area contributed by atoms with Crippen LogP contribution < -0.4 is 4.74 Å². The first-order valence-corrected chi connectivity index (χ1v) is 5.80. The monoisotopic (exact) mass is 237 g/mol. The molecule has 0 bridgehead atoms. The highest BCUT2D eigenvalue weighted by Crippen LogP contribution is 2.26. The van der Waals surface area contributed by atoms with Crippen LogP contribution in [0, 0.1) is 11.8 Å². The fourth-order valence-electron chi connectivity index (χ4n) is 1.25. The fraction of sp³-hybridized carbons (Fsp3) is 0.357. The first kappa shape index (κ1) is 13.1. The van der Waals surface area contributed by atoms with Crippen LogP contribution in [-0.4, -0.2) is 6.61 Å². The first-order chi connectivity index (χ1) is 7.52. The number of halogens is 1. The molecular formula is C14H18ClO. The SMILES string of the molecule is C=C[C](C)c1cc(Cl)cc(OCC(C)C)c1. The van der Waals surface area contributed by atoms with E-state index in [1.54, 1.807) is 0 Å². The van der Waals surface area contributed by atoms with Crippen LogP contribution in [0.4, 0.5) is 0 Å². The lowest BCUT2D eigenvalue weighted by Gasteiger charge is -2.12. The Kier molecular flexibility index (Phi) is 4.88. The minimum Gasteiger partial charge on any atom is -0.493 e. The highest BCUT2D eigenvalue weighted by molar-refractivity contribution is 6.30. The van der Waals surface area contributed by atoms with Crippen LogP contribution in [0.1, 0.15) is 26.3 Å². The molecule has 2 heteroatoms. The van der Waals surface area contributed by atoms with Gasteiger partial charge >= 0.3 is 0 Å². The van der Waals surface area contributed by atoms with Crippen molar-refractivity contribution in [2.45, 2.75) is 20.8 Å². The summed E-state index contributed by atoms with van der Waals surface area (Å²) in [5.74, 6) is 2.42. The molecule has 0 amide bonds. The summed E-state index contributed by atoms with van der Waals surface area (Å²) < 4.78 is 5.65. The summed E-state index contributed by atoms with van der Waals surface area (Å²) >= 11 is 6.04. The quantitative estimate of drug-likeness (QED) is 0.733. The van der Waals surface area contributed by atoms with Crippen LogP contribution in [0.2, 0.25) is 5.02 Å². The van der Waals surface area contributed by atoms with E-state index in [4.69, 9.17) is 16.3 Å². The van der Waals surface area contributed by atoms with Crippen LogP contribution in [0.5, 0.6) is 5.75 Å². The molecule has 87 valence electrons. The third kappa shape index (κ3) is 3.90. The molecule has 0 saturated carbocycles. The second-order valence-electron chi connectivity index (χ2n) is 4.27. The number of hydrogen-bond donors (Lipinski definition) is 0. The van der Waals surface area contributed by atoms with Gasteiger partial charge in [0.15, 0.2) is 0 Å². The van der Waals surface area contributed by atoms with E-state index in [0.29, 0.717) is 17.5 Å². The van der Waals surface area contributed by atoms with Crippen molar-refractivity contribution in [1.82, 2.24) is 0 Å². The van der Waals surface area contributed by atoms with E-state index in [-0.39, 0.29) is 0 Å². The van der Waals surface area contributed by atoms with Crippen molar-refractivity contribution < 1.29 is 4.74 Å². The van der Waals surface area contributed by atoms with Gasteiger partial charge in [-0.05, 0) is 29.7 Å². The van der Waals surface area contributed by atoms with E-state index >= 15 is 0 Å². The van der Waals surface area contributed by atoms with Gasteiger partial charge in [-0.2, -0.15) is 0 Å². The van der Waals surface area contributed by atoms with Crippen LogP contribution in [-0.2, 0) is 0 Å². The van der Waals surface area contributed by atoms with Crippen LogP contribution in [0.25, 0.3) is 0 Å². The summed E-state index contributed by atoms with van der Waals surface area (Å²) in [4.78, 5) is 0. The zero-order valence-corrected chi connectivity index (χ0v) is 10.8. The first-order valence-electron chi connectivity index (χ1n) is 5.42. The van der Waals surface area contributed by atoms with Gasteiger partial charge in [-0.15, -0.1) is 6.58 Å². The third-order valence-electron chi connectivity index (χ3n) is 2.22. The maximum absolute atomic E-state index is 6.04. The molecule has 0 atom stereocenters. The molecule has 16 heavy (non-hydrogen) atoms. The van der Waals surface area contributed by atoms with Crippen molar-refractivity contribution in [3.63, 3.8) is 0 Å². The topological polar surface area (TPSA) is 9.23 Å². The van der Waals surface area contributed by atoms with Crippen molar-refractivity contribution in [3.05, 3.63) is 47.4 Å². The molecule has 0 aromatic heterocycles. The average molecular weight is 238 g/mol. The van der Waals surface area contributed by atoms with Gasteiger partial charge < -0.3 is 4.74 Å². The summed E-state index contributed by atoms with van der Waals surface area (Å²) in [7, 11) is 0. The van der Waals surface area contributed by atoms with Gasteiger partial charge in [0.1, 0.15) is 5.75 Å². The lowest BCUT2D eigenvalue weighted by molar-refractivity contribution is 0.271. The Bertz CT molecular complexity index is 358. The highest BCUT2D eigenvalue weighted by atomic mass is 35.5. The molecule has 0 heterocycles. The molecule has 0 aliphatic carbocycles. The molecule has 0 fully saturated rings. The Morgan fingerprint density at radius 3 is 2.69 bits per heavy atom. The third-order valence-corrected chi connectivity index (χ3v) is 2.43. The smallest absolute Gasteiger partial charge is 0.121 e. The molecule has 0 aliphatic heterocycles. The lowest BCUT2D eigenvalue weighted by atomic mass is 10.0. The van der Waals surface area contributed by atoms with Crippen molar-refractivity contribution in [2.24, 2.45) is 5.92 Å². The summed E-state index contributed by atoms with van der Waals surface area (Å²) in [6, 6.07) is 5.75. The molecule has 0 aliphatic rings. The van der Waals surface area contributed by atoms with Gasteiger partial charge in [0.05, 0.1) is 6.61 Å². The second kappa shape index (κ2) is 5.95. The largest absolute Gasteiger partial charge is 0.493 e. The molecular weight excluding hydrogens is 220 g/mol. The Morgan fingerprint density at radius 1 is 1.44 bits per heavy atom. The number of ether oxygens (including phenoxy) is 1. The Labute approximate surface area is 103 Å². The van der Waals surface area contributed by atoms with E-state index in [1.165, 1.54) is 0 Å². The molecule has 0 saturated heterocycles. The highest BCUT2D eigenvalue weighted by Gasteiger charge is 2.06. The number of benzene rings is 1. The Hall–Kier alpha value is -0.950. The van der Waals surface area contributed by atoms with E-state index in [0.717, 1.165) is 17.2 Å². The van der Waals surface area contributed by atoms with Crippen LogP contribution in [0.3, 0.4) is 0 Å². The van der Waals surface area contributed by atoms with Gasteiger partial charge in [0.25, 0.3) is 0 Å². The Morgan fingerprint density at radius 2 is 2.12 bits per heavy atom. The van der Waals surface area contributed by atoms with E-state index in [2.05, 4.69) is 20.4 Å². The molecule has 0 N–H and O–H groups in total. The van der Waals surface area contributed by atoms with Crippen LogP contribution in [0.15, 0.2) is 30.9 Å². The Balaban J connectivity index is 2.85. The maximum atomic E-state index is 6.04. The van der Waals surface area contributed by atoms with Crippen molar-refractivity contribution in [1.29, 1.82) is 0 Å². The van der Waals surface area contributed by atoms with Gasteiger partial charge in [-0.1, -0.05) is 38.4 Å². The van der Waals surface area contributed by atoms with Gasteiger partial charge in [-0.3, -0.25) is 0 Å². The van der Waals surface area contributed by atoms with Crippen molar-refractivity contribution in [3.8, 4) is 5.75 Å². The van der Waals surface area contributed by atoms with Crippen LogP contribution >= 0.6 is 11.6 Å². The van der Waals surface area contributed by atoms with Crippen molar-refractivity contribution >= 4 is 11.6 Å². The maximum Gasteiger partial charge on any atom is 0.121 e. The predicted molar refractivity (Wildman–Crippen MR) is 70.0 cm³/mol. The van der Waals surface area contributed by atoms with Crippen molar-refractivity contribution in [2.75, 3.05) is 6.61 Å². The molecule has 1 radical (unpaired) electrons. The zero-order valence-electron chi connectivity index (χ0n) is 10.1. The summed E-state index contributed by atoms with van der Waals surface area (Å²) in [5.41, 5.74) is 1.06. The average Bonchev–Trinajstić information content (AvgIpc) is 2.24. The van der Waals surface area contributed by atoms with Gasteiger partial charge in [0.2, 0.25) is 0 Å². The van der Waals surface area contributed by atoms with E-state index in [9.17, 15) is 0 Å². The summed E-state index contributed by atoms with van der Waals surface area (Å²) in [6.45, 7) is 10.7. The normalized spacial score (nSPS) is 10.9. The number of allylic oxidation sites excluding steroid dienone is 1. The van der Waals surface area contributed by atoms with Gasteiger partial charge in [0, 0.05) is 10.9 Å². The molecule has 0 unspecified atom stereocenters. The molecule has 1 nitrogen and oxygen atoms in total. The summed E-state index contributed by atoms with van der Waals surface area (Å²) in [6.07, 6.45) is 1.82.